The Kier molecular flexibility index (Phi) is 7.29. The van der Waals surface area contributed by atoms with Gasteiger partial charge >= 0.3 is 5.97 Å². The van der Waals surface area contributed by atoms with Gasteiger partial charge in [-0.15, -0.1) is 11.3 Å². The highest BCUT2D eigenvalue weighted by atomic mass is 35.5. The van der Waals surface area contributed by atoms with Crippen molar-refractivity contribution in [2.24, 2.45) is 0 Å². The van der Waals surface area contributed by atoms with Gasteiger partial charge in [0.2, 0.25) is 5.91 Å². The number of amides is 1. The summed E-state index contributed by atoms with van der Waals surface area (Å²) in [7, 11) is 0. The maximum atomic E-state index is 13.7. The monoisotopic (exact) mass is 614 g/mol. The molecule has 216 valence electrons. The molecule has 1 saturated heterocycles. The molecule has 1 aromatic carbocycles. The first-order valence-corrected chi connectivity index (χ1v) is 14.6. The maximum Gasteiger partial charge on any atom is 0.338 e. The number of rotatable bonds is 7. The Bertz CT molecular complexity index is 2080. The van der Waals surface area contributed by atoms with Crippen LogP contribution in [0.4, 0.5) is 5.82 Å². The SMILES string of the molecule is Cc1cc(-c2cc(Cl)ccc2OCCn2c(C)nc3cnc(N4CCCC4=O)c(C#N)c3c2=O)c2scc(C(=O)O)c2n1. The molecule has 0 saturated carbocycles. The standard InChI is InChI=1S/C30H23ClN6O5S/c1-15-10-19(27-26(34-15)21(14-43-27)30(40)41)18-11-17(31)5-6-23(18)42-9-8-36-16(2)35-22-13-33-28(37-7-3-4-24(37)38)20(12-32)25(22)29(36)39/h5-6,10-11,13-14H,3-4,7-9H2,1-2H3,(H,40,41). The van der Waals surface area contributed by atoms with E-state index in [0.717, 1.165) is 5.56 Å². The molecular formula is C30H23ClN6O5S. The first-order valence-electron chi connectivity index (χ1n) is 13.3. The van der Waals surface area contributed by atoms with Crippen LogP contribution < -0.4 is 15.2 Å². The summed E-state index contributed by atoms with van der Waals surface area (Å²) in [5.74, 6) is -0.124. The van der Waals surface area contributed by atoms with Crippen LogP contribution in [0.1, 0.15) is 40.3 Å². The van der Waals surface area contributed by atoms with Crippen LogP contribution >= 0.6 is 22.9 Å². The number of hydrogen-bond acceptors (Lipinski definition) is 9. The number of carbonyl (C=O) groups excluding carboxylic acids is 1. The minimum absolute atomic E-state index is 0.0219. The molecule has 5 aromatic rings. The molecule has 6 rings (SSSR count). The summed E-state index contributed by atoms with van der Waals surface area (Å²) in [6, 6.07) is 9.07. The molecule has 0 spiro atoms. The topological polar surface area (TPSA) is 151 Å². The third-order valence-electron chi connectivity index (χ3n) is 7.30. The number of nitrogens with zero attached hydrogens (tertiary/aromatic N) is 6. The molecule has 5 heterocycles. The number of pyridine rings is 2. The average molecular weight is 615 g/mol. The van der Waals surface area contributed by atoms with Gasteiger partial charge in [-0.3, -0.25) is 24.0 Å². The lowest BCUT2D eigenvalue weighted by atomic mass is 10.0. The van der Waals surface area contributed by atoms with Crippen molar-refractivity contribution < 1.29 is 19.4 Å². The molecule has 0 radical (unpaired) electrons. The van der Waals surface area contributed by atoms with E-state index in [9.17, 15) is 24.8 Å². The second-order valence-electron chi connectivity index (χ2n) is 10.0. The number of benzene rings is 1. The van der Waals surface area contributed by atoms with Gasteiger partial charge < -0.3 is 9.84 Å². The molecule has 13 heteroatoms. The second-order valence-corrected chi connectivity index (χ2v) is 11.3. The lowest BCUT2D eigenvalue weighted by molar-refractivity contribution is -0.117. The zero-order valence-electron chi connectivity index (χ0n) is 23.0. The van der Waals surface area contributed by atoms with E-state index in [1.807, 2.05) is 6.07 Å². The van der Waals surface area contributed by atoms with Crippen molar-refractivity contribution >= 4 is 61.8 Å². The number of carboxylic acids is 1. The fraction of sp³-hybridized carbons (Fsp3) is 0.233. The molecule has 0 aliphatic carbocycles. The normalized spacial score (nSPS) is 13.2. The molecular weight excluding hydrogens is 592 g/mol. The summed E-state index contributed by atoms with van der Waals surface area (Å²) in [6.07, 6.45) is 2.44. The summed E-state index contributed by atoms with van der Waals surface area (Å²) in [5, 5.41) is 21.7. The van der Waals surface area contributed by atoms with Crippen LogP contribution in [-0.2, 0) is 11.3 Å². The van der Waals surface area contributed by atoms with Gasteiger partial charge in [0, 0.05) is 40.2 Å². The number of thiophene rings is 1. The van der Waals surface area contributed by atoms with Crippen LogP contribution in [0.2, 0.25) is 5.02 Å². The summed E-state index contributed by atoms with van der Waals surface area (Å²) >= 11 is 7.64. The van der Waals surface area contributed by atoms with Gasteiger partial charge in [-0.25, -0.2) is 14.8 Å². The number of fused-ring (bicyclic) bond motifs is 2. The molecule has 1 aliphatic rings. The highest BCUT2D eigenvalue weighted by molar-refractivity contribution is 7.18. The zero-order chi connectivity index (χ0) is 30.4. The van der Waals surface area contributed by atoms with E-state index in [0.29, 0.717) is 57.5 Å². The summed E-state index contributed by atoms with van der Waals surface area (Å²) in [5.41, 5.74) is 2.40. The molecule has 1 fully saturated rings. The number of hydrogen-bond donors (Lipinski definition) is 1. The number of nitriles is 1. The number of carbonyl (C=O) groups is 2. The highest BCUT2D eigenvalue weighted by Gasteiger charge is 2.28. The summed E-state index contributed by atoms with van der Waals surface area (Å²) < 4.78 is 8.30. The van der Waals surface area contributed by atoms with Crippen molar-refractivity contribution in [3.8, 4) is 22.9 Å². The number of aromatic carboxylic acids is 1. The number of anilines is 1. The number of ether oxygens (including phenoxy) is 1. The summed E-state index contributed by atoms with van der Waals surface area (Å²) in [4.78, 5) is 52.5. The molecule has 4 aromatic heterocycles. The van der Waals surface area contributed by atoms with E-state index in [1.54, 1.807) is 37.4 Å². The average Bonchev–Trinajstić information content (AvgIpc) is 3.60. The number of aryl methyl sites for hydroxylation is 2. The van der Waals surface area contributed by atoms with Crippen molar-refractivity contribution in [3.63, 3.8) is 0 Å². The Morgan fingerprint density at radius 1 is 1.21 bits per heavy atom. The van der Waals surface area contributed by atoms with Gasteiger partial charge in [0.05, 0.1) is 39.4 Å². The maximum absolute atomic E-state index is 13.7. The van der Waals surface area contributed by atoms with E-state index >= 15 is 0 Å². The molecule has 1 amide bonds. The minimum atomic E-state index is -1.06. The second kappa shape index (κ2) is 11.1. The van der Waals surface area contributed by atoms with Gasteiger partial charge in [0.1, 0.15) is 29.8 Å². The van der Waals surface area contributed by atoms with Crippen LogP contribution in [0.25, 0.3) is 32.2 Å². The summed E-state index contributed by atoms with van der Waals surface area (Å²) in [6.45, 7) is 4.10. The number of aromatic nitrogens is 4. The third kappa shape index (κ3) is 4.96. The molecule has 0 bridgehead atoms. The van der Waals surface area contributed by atoms with Crippen LogP contribution in [0.15, 0.2) is 40.6 Å². The van der Waals surface area contributed by atoms with Crippen LogP contribution in [0.3, 0.4) is 0 Å². The number of carboxylic acid groups (broad SMARTS) is 1. The molecule has 43 heavy (non-hydrogen) atoms. The van der Waals surface area contributed by atoms with E-state index in [2.05, 4.69) is 21.0 Å². The van der Waals surface area contributed by atoms with E-state index in [-0.39, 0.29) is 46.9 Å². The van der Waals surface area contributed by atoms with Crippen molar-refractivity contribution in [3.05, 3.63) is 73.9 Å². The quantitative estimate of drug-likeness (QED) is 0.263. The fourth-order valence-corrected chi connectivity index (χ4v) is 6.51. The Labute approximate surface area is 253 Å². The molecule has 1 N–H and O–H groups in total. The van der Waals surface area contributed by atoms with Gasteiger partial charge in [-0.2, -0.15) is 5.26 Å². The Balaban J connectivity index is 1.35. The predicted molar refractivity (Wildman–Crippen MR) is 162 cm³/mol. The Morgan fingerprint density at radius 2 is 2.02 bits per heavy atom. The zero-order valence-corrected chi connectivity index (χ0v) is 24.6. The van der Waals surface area contributed by atoms with Crippen molar-refractivity contribution in [1.82, 2.24) is 19.5 Å². The first kappa shape index (κ1) is 28.3. The molecule has 0 unspecified atom stereocenters. The van der Waals surface area contributed by atoms with Gasteiger partial charge in [-0.05, 0) is 44.5 Å². The fourth-order valence-electron chi connectivity index (χ4n) is 5.33. The van der Waals surface area contributed by atoms with Crippen molar-refractivity contribution in [2.75, 3.05) is 18.1 Å². The lowest BCUT2D eigenvalue weighted by Crippen LogP contribution is -2.29. The highest BCUT2D eigenvalue weighted by Crippen LogP contribution is 2.40. The van der Waals surface area contributed by atoms with Crippen molar-refractivity contribution in [1.29, 1.82) is 5.26 Å². The van der Waals surface area contributed by atoms with Gasteiger partial charge in [-0.1, -0.05) is 11.6 Å². The van der Waals surface area contributed by atoms with Crippen LogP contribution in [0.5, 0.6) is 5.75 Å². The van der Waals surface area contributed by atoms with Crippen LogP contribution in [-0.4, -0.2) is 49.7 Å². The van der Waals surface area contributed by atoms with E-state index < -0.39 is 11.5 Å². The third-order valence-corrected chi connectivity index (χ3v) is 8.53. The minimum Gasteiger partial charge on any atom is -0.491 e. The number of halogens is 1. The predicted octanol–water partition coefficient (Wildman–Crippen LogP) is 5.11. The Hall–Kier alpha value is -4.86. The first-order chi connectivity index (χ1) is 20.7. The molecule has 1 aliphatic heterocycles. The van der Waals surface area contributed by atoms with Crippen LogP contribution in [0, 0.1) is 25.2 Å². The smallest absolute Gasteiger partial charge is 0.338 e. The van der Waals surface area contributed by atoms with Gasteiger partial charge in [0.25, 0.3) is 5.56 Å². The molecule has 11 nitrogen and oxygen atoms in total. The van der Waals surface area contributed by atoms with Gasteiger partial charge in [0.15, 0.2) is 5.82 Å². The van der Waals surface area contributed by atoms with E-state index in [4.69, 9.17) is 16.3 Å². The van der Waals surface area contributed by atoms with Crippen molar-refractivity contribution in [2.45, 2.75) is 33.2 Å². The van der Waals surface area contributed by atoms with E-state index in [1.165, 1.54) is 27.0 Å². The largest absolute Gasteiger partial charge is 0.491 e. The Morgan fingerprint density at radius 3 is 2.74 bits per heavy atom. The lowest BCUT2D eigenvalue weighted by Gasteiger charge is -2.18. The molecule has 0 atom stereocenters.